The molecule has 0 aromatic rings. The van der Waals surface area contributed by atoms with Crippen LogP contribution in [-0.2, 0) is 0 Å². The van der Waals surface area contributed by atoms with Crippen molar-refractivity contribution in [1.29, 1.82) is 0 Å². The molecule has 116 valence electrons. The average molecular weight is 271 g/mol. The molecule has 0 amide bonds. The van der Waals surface area contributed by atoms with E-state index in [0.29, 0.717) is 12.1 Å². The van der Waals surface area contributed by atoms with Crippen molar-refractivity contribution in [2.24, 2.45) is 5.92 Å². The molecule has 0 unspecified atom stereocenters. The molecular weight excluding hydrogens is 234 g/mol. The molecule has 0 aromatic heterocycles. The van der Waals surface area contributed by atoms with Gasteiger partial charge in [0.25, 0.3) is 0 Å². The van der Waals surface area contributed by atoms with Gasteiger partial charge in [-0.25, -0.2) is 0 Å². The van der Waals surface area contributed by atoms with Crippen LogP contribution in [0.4, 0.5) is 0 Å². The number of rotatable bonds is 12. The molecular formula is C16H37N3. The Morgan fingerprint density at radius 1 is 0.737 bits per heavy atom. The van der Waals surface area contributed by atoms with Gasteiger partial charge in [0.1, 0.15) is 0 Å². The first-order chi connectivity index (χ1) is 8.91. The molecule has 0 saturated carbocycles. The predicted octanol–water partition coefficient (Wildman–Crippen LogP) is 2.72. The van der Waals surface area contributed by atoms with Crippen LogP contribution in [0.3, 0.4) is 0 Å². The molecule has 0 heterocycles. The Bertz CT molecular complexity index is 157. The lowest BCUT2D eigenvalue weighted by molar-refractivity contribution is 0.257. The highest BCUT2D eigenvalue weighted by Crippen LogP contribution is 2.04. The maximum Gasteiger partial charge on any atom is 0.0107 e. The van der Waals surface area contributed by atoms with Crippen LogP contribution in [0.2, 0.25) is 0 Å². The molecule has 3 heteroatoms. The third-order valence-corrected chi connectivity index (χ3v) is 3.22. The molecule has 0 bridgehead atoms. The van der Waals surface area contributed by atoms with Gasteiger partial charge in [0.2, 0.25) is 0 Å². The zero-order valence-electron chi connectivity index (χ0n) is 14.1. The minimum Gasteiger partial charge on any atom is -0.313 e. The van der Waals surface area contributed by atoms with E-state index in [1.165, 1.54) is 19.4 Å². The number of nitrogens with one attached hydrogen (secondary N) is 2. The van der Waals surface area contributed by atoms with E-state index in [-0.39, 0.29) is 0 Å². The summed E-state index contributed by atoms with van der Waals surface area (Å²) < 4.78 is 0. The van der Waals surface area contributed by atoms with E-state index in [2.05, 4.69) is 57.1 Å². The lowest BCUT2D eigenvalue weighted by atomic mass is 10.1. The van der Waals surface area contributed by atoms with E-state index in [1.54, 1.807) is 0 Å². The van der Waals surface area contributed by atoms with Crippen molar-refractivity contribution >= 4 is 0 Å². The minimum atomic E-state index is 0.589. The van der Waals surface area contributed by atoms with Gasteiger partial charge in [-0.2, -0.15) is 0 Å². The van der Waals surface area contributed by atoms with Crippen LogP contribution in [0, 0.1) is 5.92 Å². The summed E-state index contributed by atoms with van der Waals surface area (Å²) in [5, 5.41) is 7.02. The van der Waals surface area contributed by atoms with Crippen LogP contribution >= 0.6 is 0 Å². The van der Waals surface area contributed by atoms with Gasteiger partial charge in [0.05, 0.1) is 0 Å². The van der Waals surface area contributed by atoms with Crippen molar-refractivity contribution in [1.82, 2.24) is 15.5 Å². The molecule has 0 saturated heterocycles. The van der Waals surface area contributed by atoms with Crippen molar-refractivity contribution < 1.29 is 0 Å². The largest absolute Gasteiger partial charge is 0.313 e. The fraction of sp³-hybridized carbons (Fsp3) is 1.00. The normalized spacial score (nSPS) is 12.3. The van der Waals surface area contributed by atoms with Crippen LogP contribution in [0.1, 0.15) is 54.4 Å². The summed E-state index contributed by atoms with van der Waals surface area (Å²) in [6.45, 7) is 19.2. The molecule has 0 rings (SSSR count). The molecule has 0 fully saturated rings. The van der Waals surface area contributed by atoms with Crippen LogP contribution in [0.15, 0.2) is 0 Å². The third-order valence-electron chi connectivity index (χ3n) is 3.22. The molecule has 2 N–H and O–H groups in total. The van der Waals surface area contributed by atoms with Gasteiger partial charge in [-0.3, -0.25) is 0 Å². The van der Waals surface area contributed by atoms with Crippen LogP contribution < -0.4 is 10.6 Å². The van der Waals surface area contributed by atoms with Crippen molar-refractivity contribution in [3.05, 3.63) is 0 Å². The first kappa shape index (κ1) is 18.9. The lowest BCUT2D eigenvalue weighted by Crippen LogP contribution is -2.40. The van der Waals surface area contributed by atoms with E-state index in [0.717, 1.165) is 32.1 Å². The Kier molecular flexibility index (Phi) is 11.6. The Hall–Kier alpha value is -0.120. The molecule has 0 aliphatic heterocycles. The zero-order valence-corrected chi connectivity index (χ0v) is 14.1. The second kappa shape index (κ2) is 11.7. The van der Waals surface area contributed by atoms with E-state index < -0.39 is 0 Å². The van der Waals surface area contributed by atoms with Crippen molar-refractivity contribution in [2.45, 2.75) is 66.5 Å². The van der Waals surface area contributed by atoms with E-state index in [9.17, 15) is 0 Å². The molecule has 19 heavy (non-hydrogen) atoms. The predicted molar refractivity (Wildman–Crippen MR) is 86.8 cm³/mol. The summed E-state index contributed by atoms with van der Waals surface area (Å²) in [7, 11) is 0. The van der Waals surface area contributed by atoms with Crippen molar-refractivity contribution in [3.63, 3.8) is 0 Å². The smallest absolute Gasteiger partial charge is 0.0107 e. The molecule has 3 nitrogen and oxygen atoms in total. The molecule has 0 atom stereocenters. The monoisotopic (exact) mass is 271 g/mol. The summed E-state index contributed by atoms with van der Waals surface area (Å²) in [5.41, 5.74) is 0. The van der Waals surface area contributed by atoms with Gasteiger partial charge >= 0.3 is 0 Å². The summed E-state index contributed by atoms with van der Waals surface area (Å²) in [6, 6.07) is 1.18. The summed E-state index contributed by atoms with van der Waals surface area (Å²) in [5.74, 6) is 0.824. The Morgan fingerprint density at radius 2 is 1.21 bits per heavy atom. The highest BCUT2D eigenvalue weighted by molar-refractivity contribution is 4.65. The van der Waals surface area contributed by atoms with Crippen LogP contribution in [0.5, 0.6) is 0 Å². The number of hydrogen-bond acceptors (Lipinski definition) is 3. The summed E-state index contributed by atoms with van der Waals surface area (Å²) in [6.07, 6.45) is 2.66. The molecule has 0 aromatic carbocycles. The van der Waals surface area contributed by atoms with E-state index in [4.69, 9.17) is 0 Å². The van der Waals surface area contributed by atoms with E-state index in [1.807, 2.05) is 0 Å². The molecule has 0 radical (unpaired) electrons. The minimum absolute atomic E-state index is 0.589. The van der Waals surface area contributed by atoms with Gasteiger partial charge in [0, 0.05) is 38.3 Å². The second-order valence-corrected chi connectivity index (χ2v) is 6.60. The summed E-state index contributed by atoms with van der Waals surface area (Å²) in [4.78, 5) is 2.59. The highest BCUT2D eigenvalue weighted by atomic mass is 15.2. The highest BCUT2D eigenvalue weighted by Gasteiger charge is 2.06. The van der Waals surface area contributed by atoms with E-state index >= 15 is 0 Å². The molecule has 0 spiro atoms. The molecule has 0 aliphatic rings. The lowest BCUT2D eigenvalue weighted by Gasteiger charge is -2.24. The van der Waals surface area contributed by atoms with Gasteiger partial charge in [-0.05, 0) is 25.3 Å². The first-order valence-corrected chi connectivity index (χ1v) is 8.11. The number of nitrogens with zero attached hydrogens (tertiary/aromatic N) is 1. The summed E-state index contributed by atoms with van der Waals surface area (Å²) >= 11 is 0. The van der Waals surface area contributed by atoms with Crippen molar-refractivity contribution in [2.75, 3.05) is 32.7 Å². The van der Waals surface area contributed by atoms with Crippen LogP contribution in [-0.4, -0.2) is 49.7 Å². The van der Waals surface area contributed by atoms with Gasteiger partial charge < -0.3 is 15.5 Å². The zero-order chi connectivity index (χ0) is 14.7. The first-order valence-electron chi connectivity index (χ1n) is 8.11. The fourth-order valence-corrected chi connectivity index (χ4v) is 2.08. The molecule has 0 aliphatic carbocycles. The number of hydrogen-bond donors (Lipinski definition) is 2. The Morgan fingerprint density at radius 3 is 1.58 bits per heavy atom. The van der Waals surface area contributed by atoms with Gasteiger partial charge in [-0.15, -0.1) is 0 Å². The average Bonchev–Trinajstić information content (AvgIpc) is 2.26. The quantitative estimate of drug-likeness (QED) is 0.571. The Labute approximate surface area is 121 Å². The second-order valence-electron chi connectivity index (χ2n) is 6.60. The van der Waals surface area contributed by atoms with Crippen LogP contribution in [0.25, 0.3) is 0 Å². The topological polar surface area (TPSA) is 27.3 Å². The maximum absolute atomic E-state index is 3.51. The maximum atomic E-state index is 3.51. The fourth-order valence-electron chi connectivity index (χ4n) is 2.08. The van der Waals surface area contributed by atoms with Gasteiger partial charge in [-0.1, -0.05) is 41.5 Å². The third kappa shape index (κ3) is 14.1. The van der Waals surface area contributed by atoms with Gasteiger partial charge in [0.15, 0.2) is 0 Å². The SMILES string of the molecule is CC(C)CCCN(CCNC(C)C)CCNC(C)C. The van der Waals surface area contributed by atoms with Crippen molar-refractivity contribution in [3.8, 4) is 0 Å². The standard InChI is InChI=1S/C16H37N3/c1-14(2)8-7-11-19(12-9-17-15(3)4)13-10-18-16(5)6/h14-18H,7-13H2,1-6H3. The Balaban J connectivity index is 3.85.